The van der Waals surface area contributed by atoms with Gasteiger partial charge in [-0.25, -0.2) is 0 Å². The van der Waals surface area contributed by atoms with Crippen LogP contribution in [-0.2, 0) is 0 Å². The first kappa shape index (κ1) is 18.8. The summed E-state index contributed by atoms with van der Waals surface area (Å²) in [5, 5.41) is 3.14. The molecule has 27 heavy (non-hydrogen) atoms. The Labute approximate surface area is 160 Å². The molecule has 2 aromatic rings. The third kappa shape index (κ3) is 3.90. The van der Waals surface area contributed by atoms with Gasteiger partial charge in [-0.15, -0.1) is 0 Å². The third-order valence-corrected chi connectivity index (χ3v) is 4.60. The van der Waals surface area contributed by atoms with Crippen molar-refractivity contribution >= 4 is 23.6 Å². The van der Waals surface area contributed by atoms with Gasteiger partial charge in [0.05, 0.1) is 18.2 Å². The second-order valence-electron chi connectivity index (χ2n) is 7.12. The number of hydrogen-bond donors (Lipinski definition) is 1. The molecule has 0 radical (unpaired) electrons. The van der Waals surface area contributed by atoms with Crippen molar-refractivity contribution in [1.29, 1.82) is 0 Å². The summed E-state index contributed by atoms with van der Waals surface area (Å²) in [6.45, 7) is 5.96. The average molecular weight is 363 g/mol. The Bertz CT molecular complexity index is 939. The summed E-state index contributed by atoms with van der Waals surface area (Å²) in [5.74, 6) is 1.16. The molecule has 0 saturated heterocycles. The van der Waals surface area contributed by atoms with Gasteiger partial charge in [-0.05, 0) is 74.4 Å². The zero-order valence-corrected chi connectivity index (χ0v) is 16.4. The summed E-state index contributed by atoms with van der Waals surface area (Å²) < 4.78 is 11.5. The number of methoxy groups -OCH3 is 1. The van der Waals surface area contributed by atoms with Crippen molar-refractivity contribution in [3.8, 4) is 11.5 Å². The van der Waals surface area contributed by atoms with E-state index in [2.05, 4.69) is 5.32 Å². The predicted molar refractivity (Wildman–Crippen MR) is 111 cm³/mol. The van der Waals surface area contributed by atoms with Crippen LogP contribution < -0.4 is 14.8 Å². The molecule has 0 bridgehead atoms. The third-order valence-electron chi connectivity index (χ3n) is 4.60. The van der Waals surface area contributed by atoms with Crippen LogP contribution in [0.15, 0.2) is 42.5 Å². The molecule has 4 heteroatoms. The zero-order chi connectivity index (χ0) is 19.6. The Morgan fingerprint density at radius 3 is 2.67 bits per heavy atom. The molecule has 3 rings (SSSR count). The fourth-order valence-corrected chi connectivity index (χ4v) is 3.14. The molecule has 0 unspecified atom stereocenters. The van der Waals surface area contributed by atoms with E-state index >= 15 is 0 Å². The van der Waals surface area contributed by atoms with Crippen molar-refractivity contribution < 1.29 is 14.3 Å². The van der Waals surface area contributed by atoms with E-state index in [4.69, 9.17) is 9.47 Å². The van der Waals surface area contributed by atoms with Gasteiger partial charge in [0.25, 0.3) is 0 Å². The number of allylic oxidation sites excluding steroid dienone is 1. The topological polar surface area (TPSA) is 47.6 Å². The zero-order valence-electron chi connectivity index (χ0n) is 16.4. The first-order valence-electron chi connectivity index (χ1n) is 8.94. The van der Waals surface area contributed by atoms with Gasteiger partial charge in [-0.1, -0.05) is 12.1 Å². The first-order chi connectivity index (χ1) is 12.8. The second-order valence-corrected chi connectivity index (χ2v) is 7.12. The maximum absolute atomic E-state index is 12.9. The molecule has 0 saturated carbocycles. The summed E-state index contributed by atoms with van der Waals surface area (Å²) in [7, 11) is 3.51. The van der Waals surface area contributed by atoms with E-state index in [0.717, 1.165) is 22.4 Å². The highest BCUT2D eigenvalue weighted by Crippen LogP contribution is 2.39. The number of aryl methyl sites for hydroxylation is 1. The first-order valence-corrected chi connectivity index (χ1v) is 8.94. The molecule has 0 spiro atoms. The predicted octanol–water partition coefficient (Wildman–Crippen LogP) is 5.13. The van der Waals surface area contributed by atoms with Gasteiger partial charge in [0.2, 0.25) is 0 Å². The van der Waals surface area contributed by atoms with Crippen molar-refractivity contribution in [2.24, 2.45) is 0 Å². The SMILES string of the molecule is CNc1ccc(C=CC(=O)c2ccc(OC)c3c2OC(C)(C)C=C3)cc1C. The van der Waals surface area contributed by atoms with Crippen LogP contribution in [0.4, 0.5) is 5.69 Å². The van der Waals surface area contributed by atoms with Gasteiger partial charge in [0, 0.05) is 12.7 Å². The van der Waals surface area contributed by atoms with Gasteiger partial charge in [0.1, 0.15) is 17.1 Å². The lowest BCUT2D eigenvalue weighted by Gasteiger charge is -2.29. The Kier molecular flexibility index (Phi) is 5.08. The van der Waals surface area contributed by atoms with Crippen LogP contribution >= 0.6 is 0 Å². The number of carbonyl (C=O) groups excluding carboxylic acids is 1. The van der Waals surface area contributed by atoms with Gasteiger partial charge < -0.3 is 14.8 Å². The molecular weight excluding hydrogens is 338 g/mol. The quantitative estimate of drug-likeness (QED) is 0.591. The van der Waals surface area contributed by atoms with Gasteiger partial charge >= 0.3 is 0 Å². The largest absolute Gasteiger partial charge is 0.496 e. The number of fused-ring (bicyclic) bond motifs is 1. The van der Waals surface area contributed by atoms with Crippen molar-refractivity contribution in [3.05, 3.63) is 64.7 Å². The number of benzene rings is 2. The lowest BCUT2D eigenvalue weighted by Crippen LogP contribution is -2.28. The highest BCUT2D eigenvalue weighted by Gasteiger charge is 2.27. The molecule has 4 nitrogen and oxygen atoms in total. The summed E-state index contributed by atoms with van der Waals surface area (Å²) in [4.78, 5) is 12.9. The Balaban J connectivity index is 1.94. The molecular formula is C23H25NO3. The van der Waals surface area contributed by atoms with E-state index in [-0.39, 0.29) is 5.78 Å². The van der Waals surface area contributed by atoms with Crippen molar-refractivity contribution in [2.75, 3.05) is 19.5 Å². The van der Waals surface area contributed by atoms with Crippen LogP contribution in [0.5, 0.6) is 11.5 Å². The summed E-state index contributed by atoms with van der Waals surface area (Å²) in [6, 6.07) is 9.59. The smallest absolute Gasteiger partial charge is 0.189 e. The number of ketones is 1. The molecule has 0 fully saturated rings. The minimum absolute atomic E-state index is 0.102. The molecule has 2 aromatic carbocycles. The molecule has 0 aliphatic carbocycles. The van der Waals surface area contributed by atoms with E-state index in [1.54, 1.807) is 25.3 Å². The Morgan fingerprint density at radius 2 is 2.00 bits per heavy atom. The van der Waals surface area contributed by atoms with E-state index < -0.39 is 5.60 Å². The van der Waals surface area contributed by atoms with Crippen LogP contribution in [0, 0.1) is 6.92 Å². The molecule has 1 aliphatic heterocycles. The number of anilines is 1. The minimum Gasteiger partial charge on any atom is -0.496 e. The fraction of sp³-hybridized carbons (Fsp3) is 0.261. The van der Waals surface area contributed by atoms with Gasteiger partial charge in [-0.2, -0.15) is 0 Å². The molecule has 140 valence electrons. The maximum Gasteiger partial charge on any atom is 0.189 e. The van der Waals surface area contributed by atoms with Gasteiger partial charge in [-0.3, -0.25) is 4.79 Å². The summed E-state index contributed by atoms with van der Waals surface area (Å²) in [5.41, 5.74) is 4.03. The van der Waals surface area contributed by atoms with Crippen LogP contribution in [0.1, 0.15) is 40.9 Å². The molecule has 0 amide bonds. The highest BCUT2D eigenvalue weighted by molar-refractivity contribution is 6.09. The van der Waals surface area contributed by atoms with E-state index in [1.165, 1.54) is 0 Å². The van der Waals surface area contributed by atoms with E-state index in [0.29, 0.717) is 17.1 Å². The number of ether oxygens (including phenoxy) is 2. The van der Waals surface area contributed by atoms with Crippen LogP contribution in [0.2, 0.25) is 0 Å². The number of carbonyl (C=O) groups is 1. The lowest BCUT2D eigenvalue weighted by atomic mass is 9.97. The summed E-state index contributed by atoms with van der Waals surface area (Å²) in [6.07, 6.45) is 7.34. The fourth-order valence-electron chi connectivity index (χ4n) is 3.14. The normalized spacial score (nSPS) is 14.6. The van der Waals surface area contributed by atoms with Crippen molar-refractivity contribution in [2.45, 2.75) is 26.4 Å². The molecule has 1 aliphatic rings. The van der Waals surface area contributed by atoms with Crippen LogP contribution in [-0.4, -0.2) is 25.5 Å². The van der Waals surface area contributed by atoms with Crippen LogP contribution in [0.25, 0.3) is 12.2 Å². The Morgan fingerprint density at radius 1 is 1.22 bits per heavy atom. The molecule has 1 heterocycles. The van der Waals surface area contributed by atoms with E-state index in [1.807, 2.05) is 64.2 Å². The number of rotatable bonds is 5. The van der Waals surface area contributed by atoms with Crippen molar-refractivity contribution in [3.63, 3.8) is 0 Å². The molecule has 1 N–H and O–H groups in total. The summed E-state index contributed by atoms with van der Waals surface area (Å²) >= 11 is 0. The second kappa shape index (κ2) is 7.31. The minimum atomic E-state index is -0.474. The van der Waals surface area contributed by atoms with E-state index in [9.17, 15) is 4.79 Å². The number of nitrogens with one attached hydrogen (secondary N) is 1. The molecule has 0 atom stereocenters. The maximum atomic E-state index is 12.9. The molecule has 0 aromatic heterocycles. The average Bonchev–Trinajstić information content (AvgIpc) is 2.64. The number of hydrogen-bond acceptors (Lipinski definition) is 4. The Hall–Kier alpha value is -3.01. The van der Waals surface area contributed by atoms with Crippen molar-refractivity contribution in [1.82, 2.24) is 0 Å². The lowest BCUT2D eigenvalue weighted by molar-refractivity contribution is 0.103. The standard InChI is InChI=1S/C23H25NO3/c1-15-14-16(6-9-19(15)24-4)7-10-20(25)17-8-11-21(26-5)18-12-13-23(2,3)27-22(17)18/h6-14,24H,1-5H3. The van der Waals surface area contributed by atoms with Gasteiger partial charge in [0.15, 0.2) is 5.78 Å². The highest BCUT2D eigenvalue weighted by atomic mass is 16.5. The monoisotopic (exact) mass is 363 g/mol. The van der Waals surface area contributed by atoms with Crippen LogP contribution in [0.3, 0.4) is 0 Å².